The Hall–Kier alpha value is -3.35. The van der Waals surface area contributed by atoms with Crippen molar-refractivity contribution in [3.63, 3.8) is 0 Å². The van der Waals surface area contributed by atoms with Gasteiger partial charge < -0.3 is 20.5 Å². The van der Waals surface area contributed by atoms with Gasteiger partial charge in [0.15, 0.2) is 0 Å². The summed E-state index contributed by atoms with van der Waals surface area (Å²) in [5.41, 5.74) is 4.75. The molecule has 0 radical (unpaired) electrons. The Kier molecular flexibility index (Phi) is 7.27. The van der Waals surface area contributed by atoms with E-state index in [-0.39, 0.29) is 36.8 Å². The highest BCUT2D eigenvalue weighted by molar-refractivity contribution is 5.79. The lowest BCUT2D eigenvalue weighted by Crippen LogP contribution is -2.44. The third kappa shape index (κ3) is 5.72. The van der Waals surface area contributed by atoms with Crippen molar-refractivity contribution in [2.45, 2.75) is 50.5 Å². The number of rotatable bonds is 10. The molecule has 2 aromatic rings. The van der Waals surface area contributed by atoms with Gasteiger partial charge in [0.05, 0.1) is 0 Å². The number of hydrogen-bond donors (Lipinski definition) is 3. The van der Waals surface area contributed by atoms with Crippen LogP contribution in [0.4, 0.5) is 4.79 Å². The molecule has 7 heteroatoms. The van der Waals surface area contributed by atoms with Crippen LogP contribution in [0.15, 0.2) is 48.5 Å². The Morgan fingerprint density at radius 3 is 2.21 bits per heavy atom. The number of carbonyl (C=O) groups is 3. The van der Waals surface area contributed by atoms with Gasteiger partial charge in [-0.05, 0) is 53.9 Å². The molecule has 3 N–H and O–H groups in total. The van der Waals surface area contributed by atoms with E-state index in [1.807, 2.05) is 24.3 Å². The first-order valence-corrected chi connectivity index (χ1v) is 11.6. The number of alkyl carbamates (subject to hydrolysis) is 1. The fourth-order valence-electron chi connectivity index (χ4n) is 4.82. The minimum Gasteiger partial charge on any atom is -0.481 e. The second-order valence-electron chi connectivity index (χ2n) is 8.91. The first-order chi connectivity index (χ1) is 16.0. The van der Waals surface area contributed by atoms with E-state index in [1.165, 1.54) is 22.3 Å². The zero-order chi connectivity index (χ0) is 23.2. The summed E-state index contributed by atoms with van der Waals surface area (Å²) < 4.78 is 5.51. The minimum absolute atomic E-state index is 0.0186. The van der Waals surface area contributed by atoms with E-state index in [0.29, 0.717) is 25.8 Å². The topological polar surface area (TPSA) is 105 Å². The second kappa shape index (κ2) is 10.5. The number of unbranched alkanes of at least 4 members (excludes halogenated alkanes) is 1. The van der Waals surface area contributed by atoms with Crippen LogP contribution in [0, 0.1) is 5.92 Å². The SMILES string of the molecule is O=C(O)CC1CC(NC(=O)CCCCNC(=O)OCC2c3ccccc3-c3ccccc32)C1. The van der Waals surface area contributed by atoms with E-state index in [1.54, 1.807) is 0 Å². The molecule has 1 fully saturated rings. The molecule has 2 aromatic carbocycles. The second-order valence-corrected chi connectivity index (χ2v) is 8.91. The van der Waals surface area contributed by atoms with Crippen LogP contribution in [-0.4, -0.2) is 42.3 Å². The fraction of sp³-hybridized carbons (Fsp3) is 0.423. The van der Waals surface area contributed by atoms with Gasteiger partial charge in [-0.1, -0.05) is 48.5 Å². The van der Waals surface area contributed by atoms with Crippen molar-refractivity contribution in [1.29, 1.82) is 0 Å². The number of ether oxygens (including phenoxy) is 1. The molecule has 2 aliphatic carbocycles. The zero-order valence-corrected chi connectivity index (χ0v) is 18.6. The summed E-state index contributed by atoms with van der Waals surface area (Å²) in [6.07, 6.45) is 2.95. The van der Waals surface area contributed by atoms with Gasteiger partial charge in [-0.3, -0.25) is 9.59 Å². The Morgan fingerprint density at radius 1 is 0.939 bits per heavy atom. The van der Waals surface area contributed by atoms with Crippen LogP contribution in [0.3, 0.4) is 0 Å². The number of carboxylic acid groups (broad SMARTS) is 1. The highest BCUT2D eigenvalue weighted by atomic mass is 16.5. The van der Waals surface area contributed by atoms with Gasteiger partial charge in [0.25, 0.3) is 0 Å². The molecule has 1 saturated carbocycles. The lowest BCUT2D eigenvalue weighted by molar-refractivity contribution is -0.139. The van der Waals surface area contributed by atoms with Crippen LogP contribution in [0.1, 0.15) is 55.6 Å². The fourth-order valence-corrected chi connectivity index (χ4v) is 4.82. The summed E-state index contributed by atoms with van der Waals surface area (Å²) in [7, 11) is 0. The smallest absolute Gasteiger partial charge is 0.407 e. The summed E-state index contributed by atoms with van der Waals surface area (Å²) in [5, 5.41) is 14.5. The summed E-state index contributed by atoms with van der Waals surface area (Å²) in [4.78, 5) is 34.8. The number of benzene rings is 2. The maximum Gasteiger partial charge on any atom is 0.407 e. The van der Waals surface area contributed by atoms with Gasteiger partial charge >= 0.3 is 12.1 Å². The number of amides is 2. The van der Waals surface area contributed by atoms with Crippen molar-refractivity contribution in [2.75, 3.05) is 13.2 Å². The Labute approximate surface area is 193 Å². The molecule has 2 amide bonds. The molecule has 0 saturated heterocycles. The van der Waals surface area contributed by atoms with E-state index in [9.17, 15) is 14.4 Å². The number of carbonyl (C=O) groups excluding carboxylic acids is 2. The monoisotopic (exact) mass is 450 g/mol. The van der Waals surface area contributed by atoms with Gasteiger partial charge in [-0.15, -0.1) is 0 Å². The lowest BCUT2D eigenvalue weighted by atomic mass is 9.78. The standard InChI is InChI=1S/C26H30N2O5/c29-24(28-18-13-17(14-18)15-25(30)31)11-5-6-12-27-26(32)33-16-23-21-9-3-1-7-19(21)20-8-2-4-10-22(20)23/h1-4,7-10,17-18,23H,5-6,11-16H2,(H,27,32)(H,28,29)(H,30,31). The van der Waals surface area contributed by atoms with Crippen LogP contribution < -0.4 is 10.6 Å². The Bertz CT molecular complexity index is 970. The van der Waals surface area contributed by atoms with Crippen LogP contribution in [0.2, 0.25) is 0 Å². The van der Waals surface area contributed by atoms with Crippen molar-refractivity contribution < 1.29 is 24.2 Å². The molecule has 33 heavy (non-hydrogen) atoms. The molecular weight excluding hydrogens is 420 g/mol. The van der Waals surface area contributed by atoms with E-state index in [0.717, 1.165) is 12.8 Å². The molecule has 7 nitrogen and oxygen atoms in total. The molecule has 0 atom stereocenters. The number of hydrogen-bond acceptors (Lipinski definition) is 4. The molecule has 0 aromatic heterocycles. The molecule has 0 aliphatic heterocycles. The minimum atomic E-state index is -0.784. The highest BCUT2D eigenvalue weighted by Gasteiger charge is 2.31. The van der Waals surface area contributed by atoms with Crippen LogP contribution in [0.25, 0.3) is 11.1 Å². The lowest BCUT2D eigenvalue weighted by Gasteiger charge is -2.34. The van der Waals surface area contributed by atoms with Crippen molar-refractivity contribution >= 4 is 18.0 Å². The number of fused-ring (bicyclic) bond motifs is 3. The number of nitrogens with one attached hydrogen (secondary N) is 2. The molecule has 0 heterocycles. The van der Waals surface area contributed by atoms with E-state index in [2.05, 4.69) is 34.9 Å². The summed E-state index contributed by atoms with van der Waals surface area (Å²) >= 11 is 0. The van der Waals surface area contributed by atoms with Crippen LogP contribution >= 0.6 is 0 Å². The third-order valence-corrected chi connectivity index (χ3v) is 6.51. The highest BCUT2D eigenvalue weighted by Crippen LogP contribution is 2.44. The maximum absolute atomic E-state index is 12.2. The predicted molar refractivity (Wildman–Crippen MR) is 124 cm³/mol. The van der Waals surface area contributed by atoms with Gasteiger partial charge in [-0.25, -0.2) is 4.79 Å². The van der Waals surface area contributed by atoms with Gasteiger partial charge in [0.2, 0.25) is 5.91 Å². The van der Waals surface area contributed by atoms with Crippen molar-refractivity contribution in [2.24, 2.45) is 5.92 Å². The number of carboxylic acids is 1. The van der Waals surface area contributed by atoms with Crippen molar-refractivity contribution in [1.82, 2.24) is 10.6 Å². The Balaban J connectivity index is 1.11. The summed E-state index contributed by atoms with van der Waals surface area (Å²) in [6, 6.07) is 16.5. The molecular formula is C26H30N2O5. The van der Waals surface area contributed by atoms with Gasteiger partial charge in [0.1, 0.15) is 6.61 Å². The van der Waals surface area contributed by atoms with E-state index < -0.39 is 12.1 Å². The quantitative estimate of drug-likeness (QED) is 0.474. The van der Waals surface area contributed by atoms with E-state index >= 15 is 0 Å². The van der Waals surface area contributed by atoms with Crippen molar-refractivity contribution in [3.05, 3.63) is 59.7 Å². The normalized spacial score (nSPS) is 18.5. The zero-order valence-electron chi connectivity index (χ0n) is 18.6. The van der Waals surface area contributed by atoms with Gasteiger partial charge in [-0.2, -0.15) is 0 Å². The largest absolute Gasteiger partial charge is 0.481 e. The first-order valence-electron chi connectivity index (χ1n) is 11.6. The van der Waals surface area contributed by atoms with Crippen LogP contribution in [0.5, 0.6) is 0 Å². The third-order valence-electron chi connectivity index (χ3n) is 6.51. The molecule has 0 bridgehead atoms. The molecule has 0 unspecified atom stereocenters. The average molecular weight is 451 g/mol. The van der Waals surface area contributed by atoms with E-state index in [4.69, 9.17) is 9.84 Å². The molecule has 0 spiro atoms. The molecule has 174 valence electrons. The van der Waals surface area contributed by atoms with Gasteiger partial charge in [0, 0.05) is 31.3 Å². The van der Waals surface area contributed by atoms with Crippen LogP contribution in [-0.2, 0) is 14.3 Å². The average Bonchev–Trinajstić information content (AvgIpc) is 3.09. The molecule has 4 rings (SSSR count). The maximum atomic E-state index is 12.2. The summed E-state index contributed by atoms with van der Waals surface area (Å²) in [6.45, 7) is 0.737. The first kappa shape index (κ1) is 22.8. The molecule has 2 aliphatic rings. The Morgan fingerprint density at radius 2 is 1.58 bits per heavy atom. The van der Waals surface area contributed by atoms with Crippen molar-refractivity contribution in [3.8, 4) is 11.1 Å². The predicted octanol–water partition coefficient (Wildman–Crippen LogP) is 4.06. The number of aliphatic carboxylic acids is 1. The summed E-state index contributed by atoms with van der Waals surface area (Å²) in [5.74, 6) is -0.591.